The highest BCUT2D eigenvalue weighted by atomic mass is 16.2. The Hall–Kier alpha value is -1.42. The number of hydrogen-bond donors (Lipinski definition) is 2. The van der Waals surface area contributed by atoms with Gasteiger partial charge in [0.2, 0.25) is 5.91 Å². The third kappa shape index (κ3) is 3.32. The number of pyridine rings is 1. The summed E-state index contributed by atoms with van der Waals surface area (Å²) in [6.07, 6.45) is 2.52. The summed E-state index contributed by atoms with van der Waals surface area (Å²) in [5.41, 5.74) is 5.78. The second kappa shape index (κ2) is 5.46. The zero-order chi connectivity index (χ0) is 11.3. The Kier molecular flexibility index (Phi) is 4.24. The maximum atomic E-state index is 11.6. The molecule has 0 radical (unpaired) electrons. The van der Waals surface area contributed by atoms with Gasteiger partial charge in [0.1, 0.15) is 5.82 Å². The van der Waals surface area contributed by atoms with E-state index in [9.17, 15) is 4.79 Å². The number of nitrogens with one attached hydrogen (secondary N) is 1. The Balaban J connectivity index is 2.56. The number of hydrogen-bond acceptors (Lipinski definition) is 3. The third-order valence-electron chi connectivity index (χ3n) is 2.48. The molecule has 0 aliphatic heterocycles. The number of carbonyl (C=O) groups is 1. The molecular formula is C11H17N3O. The molecule has 0 saturated carbocycles. The predicted octanol–water partition coefficient (Wildman–Crippen LogP) is 1.39. The van der Waals surface area contributed by atoms with Gasteiger partial charge in [-0.3, -0.25) is 4.79 Å². The van der Waals surface area contributed by atoms with E-state index in [1.807, 2.05) is 19.9 Å². The van der Waals surface area contributed by atoms with Crippen LogP contribution in [0.3, 0.4) is 0 Å². The average Bonchev–Trinajstić information content (AvgIpc) is 2.28. The minimum atomic E-state index is -0.475. The molecule has 82 valence electrons. The van der Waals surface area contributed by atoms with E-state index in [2.05, 4.69) is 10.3 Å². The van der Waals surface area contributed by atoms with E-state index in [0.717, 1.165) is 6.42 Å². The fourth-order valence-electron chi connectivity index (χ4n) is 1.16. The Labute approximate surface area is 89.9 Å². The standard InChI is InChI=1S/C11H17N3O/c1-3-8(2)10(12)11(15)14-9-6-4-5-7-13-9/h4-8,10H,3,12H2,1-2H3,(H,13,14,15)/t8-,10-/m0/s1. The van der Waals surface area contributed by atoms with Crippen molar-refractivity contribution in [1.29, 1.82) is 0 Å². The molecule has 0 aliphatic rings. The molecule has 0 aliphatic carbocycles. The Morgan fingerprint density at radius 3 is 2.87 bits per heavy atom. The largest absolute Gasteiger partial charge is 0.320 e. The van der Waals surface area contributed by atoms with Crippen molar-refractivity contribution in [3.63, 3.8) is 0 Å². The van der Waals surface area contributed by atoms with Crippen LogP contribution < -0.4 is 11.1 Å². The van der Waals surface area contributed by atoms with E-state index in [1.54, 1.807) is 18.3 Å². The van der Waals surface area contributed by atoms with E-state index >= 15 is 0 Å². The van der Waals surface area contributed by atoms with Crippen molar-refractivity contribution in [2.75, 3.05) is 5.32 Å². The molecule has 2 atom stereocenters. The lowest BCUT2D eigenvalue weighted by Crippen LogP contribution is -2.40. The van der Waals surface area contributed by atoms with Crippen LogP contribution in [-0.4, -0.2) is 16.9 Å². The summed E-state index contributed by atoms with van der Waals surface area (Å²) in [6, 6.07) is 4.88. The summed E-state index contributed by atoms with van der Waals surface area (Å²) >= 11 is 0. The Bertz CT molecular complexity index is 313. The molecule has 15 heavy (non-hydrogen) atoms. The molecule has 4 nitrogen and oxygen atoms in total. The molecule has 0 unspecified atom stereocenters. The topological polar surface area (TPSA) is 68.0 Å². The van der Waals surface area contributed by atoms with Crippen LogP contribution in [0.5, 0.6) is 0 Å². The second-order valence-electron chi connectivity index (χ2n) is 3.62. The van der Waals surface area contributed by atoms with Crippen molar-refractivity contribution in [3.8, 4) is 0 Å². The summed E-state index contributed by atoms with van der Waals surface area (Å²) in [6.45, 7) is 3.97. The monoisotopic (exact) mass is 207 g/mol. The molecule has 1 amide bonds. The minimum Gasteiger partial charge on any atom is -0.320 e. The number of nitrogens with zero attached hydrogens (tertiary/aromatic N) is 1. The lowest BCUT2D eigenvalue weighted by molar-refractivity contribution is -0.118. The molecular weight excluding hydrogens is 190 g/mol. The van der Waals surface area contributed by atoms with Crippen LogP contribution >= 0.6 is 0 Å². The van der Waals surface area contributed by atoms with Crippen molar-refractivity contribution < 1.29 is 4.79 Å². The van der Waals surface area contributed by atoms with E-state index in [1.165, 1.54) is 0 Å². The fourth-order valence-corrected chi connectivity index (χ4v) is 1.16. The van der Waals surface area contributed by atoms with Crippen molar-refractivity contribution in [2.24, 2.45) is 11.7 Å². The van der Waals surface area contributed by atoms with Gasteiger partial charge in [0.15, 0.2) is 0 Å². The highest BCUT2D eigenvalue weighted by Crippen LogP contribution is 2.08. The second-order valence-corrected chi connectivity index (χ2v) is 3.62. The normalized spacial score (nSPS) is 14.3. The number of nitrogens with two attached hydrogens (primary N) is 1. The first-order valence-electron chi connectivity index (χ1n) is 5.12. The van der Waals surface area contributed by atoms with Crippen LogP contribution in [0.1, 0.15) is 20.3 Å². The number of amides is 1. The number of anilines is 1. The lowest BCUT2D eigenvalue weighted by atomic mass is 9.99. The van der Waals surface area contributed by atoms with Gasteiger partial charge in [-0.05, 0) is 18.1 Å². The molecule has 1 aromatic rings. The SMILES string of the molecule is CC[C@H](C)[C@H](N)C(=O)Nc1ccccn1. The maximum Gasteiger partial charge on any atom is 0.242 e. The minimum absolute atomic E-state index is 0.175. The van der Waals surface area contributed by atoms with Gasteiger partial charge < -0.3 is 11.1 Å². The van der Waals surface area contributed by atoms with Crippen LogP contribution in [0.25, 0.3) is 0 Å². The van der Waals surface area contributed by atoms with Gasteiger partial charge >= 0.3 is 0 Å². The number of rotatable bonds is 4. The number of aromatic nitrogens is 1. The smallest absolute Gasteiger partial charge is 0.242 e. The van der Waals surface area contributed by atoms with Crippen molar-refractivity contribution in [3.05, 3.63) is 24.4 Å². The van der Waals surface area contributed by atoms with Crippen LogP contribution in [0, 0.1) is 5.92 Å². The highest BCUT2D eigenvalue weighted by Gasteiger charge is 2.19. The third-order valence-corrected chi connectivity index (χ3v) is 2.48. The molecule has 1 rings (SSSR count). The van der Waals surface area contributed by atoms with Gasteiger partial charge in [0.05, 0.1) is 6.04 Å². The summed E-state index contributed by atoms with van der Waals surface area (Å²) in [4.78, 5) is 15.6. The molecule has 1 heterocycles. The zero-order valence-corrected chi connectivity index (χ0v) is 9.10. The van der Waals surface area contributed by atoms with Gasteiger partial charge in [0.25, 0.3) is 0 Å². The van der Waals surface area contributed by atoms with Crippen molar-refractivity contribution in [1.82, 2.24) is 4.98 Å². The molecule has 0 aromatic carbocycles. The van der Waals surface area contributed by atoms with Crippen LogP contribution in [0.2, 0.25) is 0 Å². The lowest BCUT2D eigenvalue weighted by Gasteiger charge is -2.17. The molecule has 0 bridgehead atoms. The quantitative estimate of drug-likeness (QED) is 0.784. The van der Waals surface area contributed by atoms with E-state index in [4.69, 9.17) is 5.73 Å². The Morgan fingerprint density at radius 2 is 2.33 bits per heavy atom. The highest BCUT2D eigenvalue weighted by molar-refractivity contribution is 5.94. The summed E-state index contributed by atoms with van der Waals surface area (Å²) in [5, 5.41) is 2.68. The first kappa shape index (κ1) is 11.7. The van der Waals surface area contributed by atoms with Gasteiger partial charge in [-0.15, -0.1) is 0 Å². The Morgan fingerprint density at radius 1 is 1.60 bits per heavy atom. The first-order chi connectivity index (χ1) is 7.15. The average molecular weight is 207 g/mol. The van der Waals surface area contributed by atoms with Gasteiger partial charge in [-0.25, -0.2) is 4.98 Å². The van der Waals surface area contributed by atoms with Crippen LogP contribution in [-0.2, 0) is 4.79 Å². The van der Waals surface area contributed by atoms with Gasteiger partial charge in [-0.2, -0.15) is 0 Å². The maximum absolute atomic E-state index is 11.6. The molecule has 1 aromatic heterocycles. The molecule has 4 heteroatoms. The summed E-state index contributed by atoms with van der Waals surface area (Å²) < 4.78 is 0. The first-order valence-corrected chi connectivity index (χ1v) is 5.12. The summed E-state index contributed by atoms with van der Waals surface area (Å²) in [7, 11) is 0. The van der Waals surface area contributed by atoms with Crippen molar-refractivity contribution in [2.45, 2.75) is 26.3 Å². The van der Waals surface area contributed by atoms with E-state index in [0.29, 0.717) is 5.82 Å². The van der Waals surface area contributed by atoms with E-state index in [-0.39, 0.29) is 11.8 Å². The molecule has 3 N–H and O–H groups in total. The van der Waals surface area contributed by atoms with E-state index < -0.39 is 6.04 Å². The fraction of sp³-hybridized carbons (Fsp3) is 0.455. The predicted molar refractivity (Wildman–Crippen MR) is 60.3 cm³/mol. The summed E-state index contributed by atoms with van der Waals surface area (Å²) in [5.74, 6) is 0.540. The molecule has 0 fully saturated rings. The van der Waals surface area contributed by atoms with Gasteiger partial charge in [0, 0.05) is 6.20 Å². The van der Waals surface area contributed by atoms with Crippen LogP contribution in [0.15, 0.2) is 24.4 Å². The van der Waals surface area contributed by atoms with Gasteiger partial charge in [-0.1, -0.05) is 26.3 Å². The molecule has 0 spiro atoms. The van der Waals surface area contributed by atoms with Crippen LogP contribution in [0.4, 0.5) is 5.82 Å². The number of carbonyl (C=O) groups excluding carboxylic acids is 1. The molecule has 0 saturated heterocycles. The zero-order valence-electron chi connectivity index (χ0n) is 9.10. The van der Waals surface area contributed by atoms with Crippen molar-refractivity contribution >= 4 is 11.7 Å².